The number of carbonyl (C=O) groups excluding carboxylic acids is 1. The van der Waals surface area contributed by atoms with E-state index in [2.05, 4.69) is 17.3 Å². The van der Waals surface area contributed by atoms with Crippen LogP contribution in [-0.2, 0) is 0 Å². The van der Waals surface area contributed by atoms with Gasteiger partial charge < -0.3 is 11.1 Å². The molecule has 116 valence electrons. The van der Waals surface area contributed by atoms with Crippen molar-refractivity contribution < 1.29 is 4.79 Å². The van der Waals surface area contributed by atoms with Crippen LogP contribution in [0.4, 0.5) is 11.4 Å². The summed E-state index contributed by atoms with van der Waals surface area (Å²) < 4.78 is 1.87. The van der Waals surface area contributed by atoms with Gasteiger partial charge in [0.05, 0.1) is 17.4 Å². The lowest BCUT2D eigenvalue weighted by Gasteiger charge is -2.13. The van der Waals surface area contributed by atoms with Gasteiger partial charge in [-0.3, -0.25) is 9.48 Å². The molecule has 0 spiro atoms. The molecule has 1 amide bonds. The molecule has 3 rings (SSSR count). The van der Waals surface area contributed by atoms with Crippen molar-refractivity contribution in [3.8, 4) is 0 Å². The Hall–Kier alpha value is -3.08. The third-order valence-electron chi connectivity index (χ3n) is 3.79. The molecule has 0 aliphatic rings. The SMILES string of the molecule is C[C@@H](c1ccc(C(=O)Nc2ccccc2N)cc1)n1cccn1. The van der Waals surface area contributed by atoms with E-state index in [-0.39, 0.29) is 11.9 Å². The number of nitrogen functional groups attached to an aromatic ring is 1. The third-order valence-corrected chi connectivity index (χ3v) is 3.79. The first-order chi connectivity index (χ1) is 11.1. The first kappa shape index (κ1) is 14.8. The van der Waals surface area contributed by atoms with E-state index in [4.69, 9.17) is 5.73 Å². The minimum absolute atomic E-state index is 0.117. The van der Waals surface area contributed by atoms with Gasteiger partial charge in [0.25, 0.3) is 5.91 Å². The fourth-order valence-electron chi connectivity index (χ4n) is 2.38. The van der Waals surface area contributed by atoms with E-state index >= 15 is 0 Å². The Bertz CT molecular complexity index is 794. The number of carbonyl (C=O) groups is 1. The van der Waals surface area contributed by atoms with Crippen LogP contribution in [0.15, 0.2) is 67.0 Å². The van der Waals surface area contributed by atoms with Crippen LogP contribution in [0.3, 0.4) is 0 Å². The van der Waals surface area contributed by atoms with E-state index in [9.17, 15) is 4.79 Å². The average Bonchev–Trinajstić information content (AvgIpc) is 3.11. The fourth-order valence-corrected chi connectivity index (χ4v) is 2.38. The number of para-hydroxylation sites is 2. The number of benzene rings is 2. The Morgan fingerprint density at radius 2 is 1.87 bits per heavy atom. The summed E-state index contributed by atoms with van der Waals surface area (Å²) in [6.45, 7) is 2.06. The van der Waals surface area contributed by atoms with Gasteiger partial charge in [-0.1, -0.05) is 24.3 Å². The van der Waals surface area contributed by atoms with Crippen LogP contribution in [0.25, 0.3) is 0 Å². The fraction of sp³-hybridized carbons (Fsp3) is 0.111. The Balaban J connectivity index is 1.74. The molecule has 1 aromatic heterocycles. The molecule has 0 aliphatic heterocycles. The smallest absolute Gasteiger partial charge is 0.255 e. The summed E-state index contributed by atoms with van der Waals surface area (Å²) in [5.41, 5.74) is 8.68. The minimum atomic E-state index is -0.179. The third kappa shape index (κ3) is 3.23. The Labute approximate surface area is 134 Å². The van der Waals surface area contributed by atoms with Crippen molar-refractivity contribution in [3.63, 3.8) is 0 Å². The highest BCUT2D eigenvalue weighted by Crippen LogP contribution is 2.20. The predicted octanol–water partition coefficient (Wildman–Crippen LogP) is 3.33. The minimum Gasteiger partial charge on any atom is -0.397 e. The topological polar surface area (TPSA) is 72.9 Å². The van der Waals surface area contributed by atoms with Gasteiger partial charge in [-0.15, -0.1) is 0 Å². The highest BCUT2D eigenvalue weighted by atomic mass is 16.1. The molecule has 1 atom stereocenters. The summed E-state index contributed by atoms with van der Waals surface area (Å²) in [6.07, 6.45) is 3.67. The number of hydrogen-bond acceptors (Lipinski definition) is 3. The zero-order valence-electron chi connectivity index (χ0n) is 12.8. The Morgan fingerprint density at radius 1 is 1.13 bits per heavy atom. The summed E-state index contributed by atoms with van der Waals surface area (Å²) in [4.78, 5) is 12.3. The summed E-state index contributed by atoms with van der Waals surface area (Å²) >= 11 is 0. The molecule has 0 saturated carbocycles. The molecule has 0 fully saturated rings. The van der Waals surface area contributed by atoms with E-state index in [0.29, 0.717) is 16.9 Å². The second-order valence-corrected chi connectivity index (χ2v) is 5.33. The number of nitrogens with zero attached hydrogens (tertiary/aromatic N) is 2. The second kappa shape index (κ2) is 6.36. The Kier molecular flexibility index (Phi) is 4.10. The molecule has 3 N–H and O–H groups in total. The van der Waals surface area contributed by atoms with Gasteiger partial charge in [-0.05, 0) is 42.8 Å². The number of nitrogens with one attached hydrogen (secondary N) is 1. The molecule has 1 heterocycles. The van der Waals surface area contributed by atoms with Crippen molar-refractivity contribution in [2.24, 2.45) is 0 Å². The number of amides is 1. The average molecular weight is 306 g/mol. The molecule has 0 saturated heterocycles. The van der Waals surface area contributed by atoms with Gasteiger partial charge in [0, 0.05) is 18.0 Å². The van der Waals surface area contributed by atoms with Crippen LogP contribution >= 0.6 is 0 Å². The first-order valence-electron chi connectivity index (χ1n) is 7.40. The predicted molar refractivity (Wildman–Crippen MR) is 91.3 cm³/mol. The lowest BCUT2D eigenvalue weighted by atomic mass is 10.1. The summed E-state index contributed by atoms with van der Waals surface area (Å²) in [5, 5.41) is 7.06. The van der Waals surface area contributed by atoms with Gasteiger partial charge in [0.2, 0.25) is 0 Å². The second-order valence-electron chi connectivity index (χ2n) is 5.33. The van der Waals surface area contributed by atoms with Gasteiger partial charge >= 0.3 is 0 Å². The normalized spacial score (nSPS) is 11.9. The number of nitrogens with two attached hydrogens (primary N) is 1. The summed E-state index contributed by atoms with van der Waals surface area (Å²) in [7, 11) is 0. The first-order valence-corrected chi connectivity index (χ1v) is 7.40. The van der Waals surface area contributed by atoms with E-state index in [0.717, 1.165) is 5.56 Å². The van der Waals surface area contributed by atoms with E-state index < -0.39 is 0 Å². The largest absolute Gasteiger partial charge is 0.397 e. The maximum Gasteiger partial charge on any atom is 0.255 e. The molecule has 0 bridgehead atoms. The molecule has 5 nitrogen and oxygen atoms in total. The monoisotopic (exact) mass is 306 g/mol. The highest BCUT2D eigenvalue weighted by molar-refractivity contribution is 6.05. The zero-order chi connectivity index (χ0) is 16.2. The van der Waals surface area contributed by atoms with Crippen molar-refractivity contribution in [1.29, 1.82) is 0 Å². The molecular formula is C18H18N4O. The van der Waals surface area contributed by atoms with E-state index in [1.54, 1.807) is 18.3 Å². The van der Waals surface area contributed by atoms with Crippen LogP contribution in [-0.4, -0.2) is 15.7 Å². The van der Waals surface area contributed by atoms with Crippen molar-refractivity contribution >= 4 is 17.3 Å². The molecule has 2 aromatic carbocycles. The summed E-state index contributed by atoms with van der Waals surface area (Å²) in [6, 6.07) is 16.7. The van der Waals surface area contributed by atoms with Crippen LogP contribution < -0.4 is 11.1 Å². The molecule has 0 unspecified atom stereocenters. The molecule has 23 heavy (non-hydrogen) atoms. The lowest BCUT2D eigenvalue weighted by Crippen LogP contribution is -2.13. The van der Waals surface area contributed by atoms with Crippen molar-refractivity contribution in [2.75, 3.05) is 11.1 Å². The number of anilines is 2. The van der Waals surface area contributed by atoms with Crippen molar-refractivity contribution in [3.05, 3.63) is 78.1 Å². The van der Waals surface area contributed by atoms with Gasteiger partial charge in [-0.2, -0.15) is 5.10 Å². The van der Waals surface area contributed by atoms with Crippen LogP contribution in [0.1, 0.15) is 28.9 Å². The van der Waals surface area contributed by atoms with Crippen LogP contribution in [0.2, 0.25) is 0 Å². The van der Waals surface area contributed by atoms with Gasteiger partial charge in [0.1, 0.15) is 0 Å². The number of rotatable bonds is 4. The number of hydrogen-bond donors (Lipinski definition) is 2. The summed E-state index contributed by atoms with van der Waals surface area (Å²) in [5.74, 6) is -0.179. The van der Waals surface area contributed by atoms with Gasteiger partial charge in [-0.25, -0.2) is 0 Å². The van der Waals surface area contributed by atoms with E-state index in [1.165, 1.54) is 0 Å². The van der Waals surface area contributed by atoms with Gasteiger partial charge in [0.15, 0.2) is 0 Å². The molecule has 5 heteroatoms. The van der Waals surface area contributed by atoms with E-state index in [1.807, 2.05) is 53.3 Å². The maximum atomic E-state index is 12.3. The molecule has 0 aliphatic carbocycles. The molecular weight excluding hydrogens is 288 g/mol. The van der Waals surface area contributed by atoms with Crippen molar-refractivity contribution in [1.82, 2.24) is 9.78 Å². The standard InChI is InChI=1S/C18H18N4O/c1-13(22-12-4-11-20-22)14-7-9-15(10-8-14)18(23)21-17-6-3-2-5-16(17)19/h2-13H,19H2,1H3,(H,21,23)/t13-/m0/s1. The molecule has 0 radical (unpaired) electrons. The van der Waals surface area contributed by atoms with Crippen molar-refractivity contribution in [2.45, 2.75) is 13.0 Å². The maximum absolute atomic E-state index is 12.3. The number of aromatic nitrogens is 2. The zero-order valence-corrected chi connectivity index (χ0v) is 12.8. The quantitative estimate of drug-likeness (QED) is 0.726. The molecule has 3 aromatic rings. The van der Waals surface area contributed by atoms with Crippen LogP contribution in [0, 0.1) is 0 Å². The lowest BCUT2D eigenvalue weighted by molar-refractivity contribution is 0.102. The van der Waals surface area contributed by atoms with Crippen LogP contribution in [0.5, 0.6) is 0 Å². The highest BCUT2D eigenvalue weighted by Gasteiger charge is 2.11. The Morgan fingerprint density at radius 3 is 2.52 bits per heavy atom.